The molecule has 1 aromatic carbocycles. The Labute approximate surface area is 85.7 Å². The van der Waals surface area contributed by atoms with Crippen LogP contribution in [0.4, 0.5) is 5.69 Å². The molecule has 0 aliphatic heterocycles. The second-order valence-corrected chi connectivity index (χ2v) is 3.90. The summed E-state index contributed by atoms with van der Waals surface area (Å²) in [4.78, 5) is 0. The molecule has 0 bridgehead atoms. The van der Waals surface area contributed by atoms with Gasteiger partial charge in [0.1, 0.15) is 5.75 Å². The fourth-order valence-electron chi connectivity index (χ4n) is 1.45. The number of hydrogen-bond donors (Lipinski definition) is 2. The van der Waals surface area contributed by atoms with Crippen LogP contribution in [0.2, 0.25) is 0 Å². The summed E-state index contributed by atoms with van der Waals surface area (Å²) in [6, 6.07) is 3.69. The van der Waals surface area contributed by atoms with E-state index >= 15 is 0 Å². The van der Waals surface area contributed by atoms with Crippen LogP contribution in [0.25, 0.3) is 10.1 Å². The maximum absolute atomic E-state index is 9.03. The Kier molecular flexibility index (Phi) is 2.31. The van der Waals surface area contributed by atoms with Crippen LogP contribution in [0, 0.1) is 0 Å². The van der Waals surface area contributed by atoms with E-state index in [0.717, 1.165) is 21.4 Å². The molecule has 0 amide bonds. The zero-order chi connectivity index (χ0) is 10.1. The van der Waals surface area contributed by atoms with Gasteiger partial charge in [-0.1, -0.05) is 0 Å². The number of ether oxygens (including phenoxy) is 1. The molecule has 0 fully saturated rings. The van der Waals surface area contributed by atoms with E-state index in [4.69, 9.17) is 15.6 Å². The third-order valence-corrected chi connectivity index (χ3v) is 3.15. The molecule has 2 rings (SSSR count). The van der Waals surface area contributed by atoms with Gasteiger partial charge in [-0.3, -0.25) is 0 Å². The van der Waals surface area contributed by atoms with Crippen molar-refractivity contribution in [3.63, 3.8) is 0 Å². The van der Waals surface area contributed by atoms with Crippen molar-refractivity contribution in [2.45, 2.75) is 6.61 Å². The summed E-state index contributed by atoms with van der Waals surface area (Å²) in [5.74, 6) is 0.812. The van der Waals surface area contributed by atoms with E-state index in [-0.39, 0.29) is 6.61 Å². The highest BCUT2D eigenvalue weighted by atomic mass is 32.1. The predicted molar refractivity (Wildman–Crippen MR) is 58.7 cm³/mol. The zero-order valence-electron chi connectivity index (χ0n) is 7.78. The molecule has 14 heavy (non-hydrogen) atoms. The van der Waals surface area contributed by atoms with Gasteiger partial charge in [-0.2, -0.15) is 0 Å². The minimum atomic E-state index is -0.000852. The molecule has 3 nitrogen and oxygen atoms in total. The van der Waals surface area contributed by atoms with Crippen molar-refractivity contribution in [3.05, 3.63) is 23.1 Å². The Morgan fingerprint density at radius 1 is 1.50 bits per heavy atom. The van der Waals surface area contributed by atoms with Crippen molar-refractivity contribution in [3.8, 4) is 5.75 Å². The number of nitrogens with two attached hydrogens (primary N) is 1. The van der Waals surface area contributed by atoms with Crippen molar-refractivity contribution >= 4 is 27.1 Å². The Morgan fingerprint density at radius 2 is 2.29 bits per heavy atom. The van der Waals surface area contributed by atoms with Crippen molar-refractivity contribution in [2.75, 3.05) is 12.8 Å². The lowest BCUT2D eigenvalue weighted by atomic mass is 10.1. The van der Waals surface area contributed by atoms with Crippen LogP contribution >= 0.6 is 11.3 Å². The molecule has 0 radical (unpaired) electrons. The number of fused-ring (bicyclic) bond motifs is 1. The topological polar surface area (TPSA) is 55.5 Å². The Balaban J connectivity index is 2.73. The molecule has 1 aromatic heterocycles. The lowest BCUT2D eigenvalue weighted by Gasteiger charge is -2.02. The zero-order valence-corrected chi connectivity index (χ0v) is 8.60. The maximum Gasteiger partial charge on any atom is 0.137 e. The van der Waals surface area contributed by atoms with Crippen LogP contribution in [0.5, 0.6) is 5.75 Å². The first-order chi connectivity index (χ1) is 6.76. The largest absolute Gasteiger partial charge is 0.495 e. The predicted octanol–water partition coefficient (Wildman–Crippen LogP) is 1.98. The average molecular weight is 209 g/mol. The summed E-state index contributed by atoms with van der Waals surface area (Å²) >= 11 is 1.55. The fraction of sp³-hybridized carbons (Fsp3) is 0.200. The average Bonchev–Trinajstić information content (AvgIpc) is 2.61. The van der Waals surface area contributed by atoms with Crippen LogP contribution < -0.4 is 10.5 Å². The van der Waals surface area contributed by atoms with Gasteiger partial charge >= 0.3 is 0 Å². The molecule has 0 aliphatic rings. The molecule has 74 valence electrons. The third kappa shape index (κ3) is 1.32. The van der Waals surface area contributed by atoms with E-state index < -0.39 is 0 Å². The summed E-state index contributed by atoms with van der Waals surface area (Å²) in [5.41, 5.74) is 7.35. The molecular formula is C10H11NO2S. The van der Waals surface area contributed by atoms with E-state index in [2.05, 4.69) is 0 Å². The van der Waals surface area contributed by atoms with E-state index in [1.54, 1.807) is 24.5 Å². The summed E-state index contributed by atoms with van der Waals surface area (Å²) < 4.78 is 6.21. The van der Waals surface area contributed by atoms with E-state index in [1.165, 1.54) is 0 Å². The molecule has 0 unspecified atom stereocenters. The molecule has 3 N–H and O–H groups in total. The van der Waals surface area contributed by atoms with Crippen molar-refractivity contribution in [1.29, 1.82) is 0 Å². The highest BCUT2D eigenvalue weighted by Gasteiger charge is 2.08. The van der Waals surface area contributed by atoms with Gasteiger partial charge in [-0.15, -0.1) is 11.3 Å². The number of aliphatic hydroxyl groups excluding tert-OH is 1. The number of aliphatic hydroxyl groups is 1. The molecule has 1 heterocycles. The lowest BCUT2D eigenvalue weighted by molar-refractivity contribution is 0.282. The quantitative estimate of drug-likeness (QED) is 0.744. The van der Waals surface area contributed by atoms with E-state index in [0.29, 0.717) is 5.69 Å². The molecule has 0 spiro atoms. The minimum absolute atomic E-state index is 0.000852. The number of anilines is 1. The minimum Gasteiger partial charge on any atom is -0.495 e. The van der Waals surface area contributed by atoms with Crippen LogP contribution in [-0.2, 0) is 6.61 Å². The fourth-order valence-corrected chi connectivity index (χ4v) is 2.38. The van der Waals surface area contributed by atoms with Crippen molar-refractivity contribution in [2.24, 2.45) is 0 Å². The van der Waals surface area contributed by atoms with Crippen LogP contribution in [-0.4, -0.2) is 12.2 Å². The summed E-state index contributed by atoms with van der Waals surface area (Å²) in [5, 5.41) is 11.9. The van der Waals surface area contributed by atoms with Crippen LogP contribution in [0.1, 0.15) is 5.56 Å². The van der Waals surface area contributed by atoms with E-state index in [1.807, 2.05) is 11.4 Å². The summed E-state index contributed by atoms with van der Waals surface area (Å²) in [6.45, 7) is -0.000852. The highest BCUT2D eigenvalue weighted by Crippen LogP contribution is 2.36. The van der Waals surface area contributed by atoms with Gasteiger partial charge in [0, 0.05) is 16.5 Å². The van der Waals surface area contributed by atoms with Gasteiger partial charge in [0.05, 0.1) is 18.4 Å². The normalized spacial score (nSPS) is 10.7. The summed E-state index contributed by atoms with van der Waals surface area (Å²) in [6.07, 6.45) is 0. The molecule has 0 saturated heterocycles. The third-order valence-electron chi connectivity index (χ3n) is 2.13. The first kappa shape index (κ1) is 9.30. The Hall–Kier alpha value is -1.26. The number of thiophene rings is 1. The Bertz CT molecular complexity index is 464. The van der Waals surface area contributed by atoms with Crippen molar-refractivity contribution < 1.29 is 9.84 Å². The van der Waals surface area contributed by atoms with E-state index in [9.17, 15) is 0 Å². The molecule has 0 aliphatic carbocycles. The SMILES string of the molecule is COc1csc2c(N)cc(CO)cc12. The second-order valence-electron chi connectivity index (χ2n) is 3.02. The van der Waals surface area contributed by atoms with Gasteiger partial charge in [0.2, 0.25) is 0 Å². The molecule has 0 atom stereocenters. The van der Waals surface area contributed by atoms with Gasteiger partial charge in [-0.25, -0.2) is 0 Å². The molecule has 2 aromatic rings. The smallest absolute Gasteiger partial charge is 0.137 e. The first-order valence-corrected chi connectivity index (χ1v) is 5.08. The lowest BCUT2D eigenvalue weighted by Crippen LogP contribution is -1.90. The number of hydrogen-bond acceptors (Lipinski definition) is 4. The Morgan fingerprint density at radius 3 is 2.93 bits per heavy atom. The number of methoxy groups -OCH3 is 1. The molecule has 0 saturated carbocycles. The number of rotatable bonds is 2. The second kappa shape index (κ2) is 3.48. The van der Waals surface area contributed by atoms with Crippen LogP contribution in [0.15, 0.2) is 17.5 Å². The number of benzene rings is 1. The van der Waals surface area contributed by atoms with Gasteiger partial charge in [-0.05, 0) is 17.7 Å². The first-order valence-electron chi connectivity index (χ1n) is 4.20. The van der Waals surface area contributed by atoms with Crippen LogP contribution in [0.3, 0.4) is 0 Å². The van der Waals surface area contributed by atoms with Gasteiger partial charge < -0.3 is 15.6 Å². The highest BCUT2D eigenvalue weighted by molar-refractivity contribution is 7.18. The maximum atomic E-state index is 9.03. The standard InChI is InChI=1S/C10H11NO2S/c1-13-9-5-14-10-7(9)2-6(4-12)3-8(10)11/h2-3,5,12H,4,11H2,1H3. The van der Waals surface area contributed by atoms with Gasteiger partial charge in [0.25, 0.3) is 0 Å². The van der Waals surface area contributed by atoms with Gasteiger partial charge in [0.15, 0.2) is 0 Å². The summed E-state index contributed by atoms with van der Waals surface area (Å²) in [7, 11) is 1.63. The number of nitrogen functional groups attached to an aromatic ring is 1. The monoisotopic (exact) mass is 209 g/mol. The molecule has 4 heteroatoms. The van der Waals surface area contributed by atoms with Crippen molar-refractivity contribution in [1.82, 2.24) is 0 Å². The molecular weight excluding hydrogens is 198 g/mol.